The predicted octanol–water partition coefficient (Wildman–Crippen LogP) is 7.14. The molecule has 1 aliphatic heterocycles. The van der Waals surface area contributed by atoms with Gasteiger partial charge in [0.2, 0.25) is 5.91 Å². The maximum absolute atomic E-state index is 13.4. The zero-order chi connectivity index (χ0) is 25.1. The number of aromatic nitrogens is 1. The molecule has 6 heteroatoms. The van der Waals surface area contributed by atoms with Crippen LogP contribution in [0, 0.1) is 0 Å². The molecule has 36 heavy (non-hydrogen) atoms. The van der Waals surface area contributed by atoms with Gasteiger partial charge in [0.1, 0.15) is 0 Å². The Morgan fingerprint density at radius 2 is 1.64 bits per heavy atom. The molecule has 1 aromatic heterocycles. The van der Waals surface area contributed by atoms with Gasteiger partial charge in [-0.2, -0.15) is 0 Å². The van der Waals surface area contributed by atoms with Crippen molar-refractivity contribution in [3.8, 4) is 0 Å². The zero-order valence-electron chi connectivity index (χ0n) is 20.1. The number of benzene rings is 3. The number of rotatable bonds is 7. The number of hydrogen-bond donors (Lipinski definition) is 1. The standard InChI is InChI=1S/C30H30Cl2N2O2/c31-26-11-10-23(20-27(26)32)24(21-29(35)34-17-13-22-6-4-5-9-28(22)34)12-16-33-18-14-30(36,15-19-33)25-7-2-1-3-8-25/h1-11,13,17,20,24,36H,12,14-16,18-19,21H2. The van der Waals surface area contributed by atoms with E-state index in [1.807, 2.05) is 85.1 Å². The molecular formula is C30H30Cl2N2O2. The van der Waals surface area contributed by atoms with Gasteiger partial charge in [-0.25, -0.2) is 0 Å². The molecule has 1 aliphatic rings. The maximum Gasteiger partial charge on any atom is 0.231 e. The molecule has 186 valence electrons. The molecule has 1 saturated heterocycles. The zero-order valence-corrected chi connectivity index (χ0v) is 21.6. The molecule has 1 unspecified atom stereocenters. The minimum Gasteiger partial charge on any atom is -0.385 e. The van der Waals surface area contributed by atoms with Crippen molar-refractivity contribution < 1.29 is 9.90 Å². The Bertz CT molecular complexity index is 1340. The number of para-hydroxylation sites is 1. The first kappa shape index (κ1) is 25.0. The maximum atomic E-state index is 13.4. The number of carbonyl (C=O) groups is 1. The lowest BCUT2D eigenvalue weighted by atomic mass is 9.84. The smallest absolute Gasteiger partial charge is 0.231 e. The molecule has 0 saturated carbocycles. The van der Waals surface area contributed by atoms with Crippen LogP contribution in [-0.4, -0.2) is 40.1 Å². The number of likely N-dealkylation sites (tertiary alicyclic amines) is 1. The largest absolute Gasteiger partial charge is 0.385 e. The van der Waals surface area contributed by atoms with E-state index < -0.39 is 5.60 Å². The fraction of sp³-hybridized carbons (Fsp3) is 0.300. The van der Waals surface area contributed by atoms with Gasteiger partial charge >= 0.3 is 0 Å². The van der Waals surface area contributed by atoms with Crippen molar-refractivity contribution >= 4 is 40.0 Å². The van der Waals surface area contributed by atoms with Crippen LogP contribution in [0.4, 0.5) is 0 Å². The highest BCUT2D eigenvalue weighted by atomic mass is 35.5. The first-order chi connectivity index (χ1) is 17.4. The van der Waals surface area contributed by atoms with Crippen LogP contribution in [0.5, 0.6) is 0 Å². The second kappa shape index (κ2) is 10.8. The van der Waals surface area contributed by atoms with E-state index >= 15 is 0 Å². The fourth-order valence-electron chi connectivity index (χ4n) is 5.28. The first-order valence-electron chi connectivity index (χ1n) is 12.5. The Kier molecular flexibility index (Phi) is 7.49. The van der Waals surface area contributed by atoms with Crippen LogP contribution in [0.25, 0.3) is 10.9 Å². The minimum absolute atomic E-state index is 0.00311. The van der Waals surface area contributed by atoms with Gasteiger partial charge in [-0.1, -0.05) is 77.8 Å². The molecule has 0 aliphatic carbocycles. The number of piperidine rings is 1. The topological polar surface area (TPSA) is 45.5 Å². The molecule has 1 N–H and O–H groups in total. The van der Waals surface area contributed by atoms with E-state index in [-0.39, 0.29) is 11.8 Å². The lowest BCUT2D eigenvalue weighted by Crippen LogP contribution is -2.43. The second-order valence-electron chi connectivity index (χ2n) is 9.74. The molecule has 3 aromatic carbocycles. The summed E-state index contributed by atoms with van der Waals surface area (Å²) in [5, 5.41) is 13.3. The highest BCUT2D eigenvalue weighted by Crippen LogP contribution is 2.34. The van der Waals surface area contributed by atoms with E-state index in [9.17, 15) is 9.90 Å². The monoisotopic (exact) mass is 520 g/mol. The Morgan fingerprint density at radius 3 is 2.39 bits per heavy atom. The van der Waals surface area contributed by atoms with E-state index in [0.717, 1.165) is 48.1 Å². The normalized spacial score (nSPS) is 16.8. The second-order valence-corrected chi connectivity index (χ2v) is 10.6. The first-order valence-corrected chi connectivity index (χ1v) is 13.2. The quantitative estimate of drug-likeness (QED) is 0.281. The fourth-order valence-corrected chi connectivity index (χ4v) is 5.59. The number of aliphatic hydroxyl groups is 1. The summed E-state index contributed by atoms with van der Waals surface area (Å²) in [4.78, 5) is 15.8. The minimum atomic E-state index is -0.772. The summed E-state index contributed by atoms with van der Waals surface area (Å²) in [6.07, 6.45) is 4.44. The Morgan fingerprint density at radius 1 is 0.917 bits per heavy atom. The lowest BCUT2D eigenvalue weighted by Gasteiger charge is -2.39. The van der Waals surface area contributed by atoms with E-state index in [1.165, 1.54) is 0 Å². The Balaban J connectivity index is 1.29. The highest BCUT2D eigenvalue weighted by molar-refractivity contribution is 6.42. The molecule has 2 heterocycles. The molecular weight excluding hydrogens is 491 g/mol. The summed E-state index contributed by atoms with van der Waals surface area (Å²) in [6, 6.07) is 25.5. The van der Waals surface area contributed by atoms with Crippen LogP contribution in [0.2, 0.25) is 10.0 Å². The summed E-state index contributed by atoms with van der Waals surface area (Å²) in [7, 11) is 0. The highest BCUT2D eigenvalue weighted by Gasteiger charge is 2.34. The third-order valence-electron chi connectivity index (χ3n) is 7.49. The molecule has 4 nitrogen and oxygen atoms in total. The molecule has 1 fully saturated rings. The molecule has 1 atom stereocenters. The van der Waals surface area contributed by atoms with Gasteiger partial charge < -0.3 is 10.0 Å². The van der Waals surface area contributed by atoms with Crippen molar-refractivity contribution in [2.45, 2.75) is 37.2 Å². The predicted molar refractivity (Wildman–Crippen MR) is 147 cm³/mol. The van der Waals surface area contributed by atoms with E-state index in [2.05, 4.69) is 4.90 Å². The molecule has 0 radical (unpaired) electrons. The van der Waals surface area contributed by atoms with Crippen LogP contribution in [0.1, 0.15) is 47.5 Å². The SMILES string of the molecule is O=C(CC(CCN1CCC(O)(c2ccccc2)CC1)c1ccc(Cl)c(Cl)c1)n1ccc2ccccc21. The van der Waals surface area contributed by atoms with Crippen molar-refractivity contribution in [3.63, 3.8) is 0 Å². The molecule has 0 amide bonds. The van der Waals surface area contributed by atoms with Crippen molar-refractivity contribution in [1.29, 1.82) is 0 Å². The molecule has 5 rings (SSSR count). The van der Waals surface area contributed by atoms with Gasteiger partial charge in [0.25, 0.3) is 0 Å². The Hall–Kier alpha value is -2.63. The summed E-state index contributed by atoms with van der Waals surface area (Å²) in [5.74, 6) is 0.0627. The lowest BCUT2D eigenvalue weighted by molar-refractivity contribution is -0.0263. The Labute approximate surface area is 222 Å². The number of hydrogen-bond acceptors (Lipinski definition) is 3. The van der Waals surface area contributed by atoms with Crippen LogP contribution in [0.3, 0.4) is 0 Å². The van der Waals surface area contributed by atoms with Gasteiger partial charge in [-0.15, -0.1) is 0 Å². The van der Waals surface area contributed by atoms with Crippen molar-refractivity contribution in [1.82, 2.24) is 9.47 Å². The van der Waals surface area contributed by atoms with Gasteiger partial charge in [0.05, 0.1) is 21.2 Å². The van der Waals surface area contributed by atoms with E-state index in [1.54, 1.807) is 4.57 Å². The van der Waals surface area contributed by atoms with Crippen LogP contribution in [-0.2, 0) is 5.60 Å². The van der Waals surface area contributed by atoms with Gasteiger partial charge in [-0.3, -0.25) is 9.36 Å². The number of carbonyl (C=O) groups excluding carboxylic acids is 1. The third kappa shape index (κ3) is 5.37. The molecule has 0 spiro atoms. The van der Waals surface area contributed by atoms with E-state index in [4.69, 9.17) is 23.2 Å². The number of fused-ring (bicyclic) bond motifs is 1. The number of halogens is 2. The van der Waals surface area contributed by atoms with E-state index in [0.29, 0.717) is 29.3 Å². The number of nitrogens with zero attached hydrogens (tertiary/aromatic N) is 2. The van der Waals surface area contributed by atoms with Crippen molar-refractivity contribution in [2.75, 3.05) is 19.6 Å². The summed E-state index contributed by atoms with van der Waals surface area (Å²) in [6.45, 7) is 2.47. The average Bonchev–Trinajstić information content (AvgIpc) is 3.34. The summed E-state index contributed by atoms with van der Waals surface area (Å²) >= 11 is 12.5. The van der Waals surface area contributed by atoms with Crippen LogP contribution < -0.4 is 0 Å². The van der Waals surface area contributed by atoms with Gasteiger partial charge in [0, 0.05) is 31.1 Å². The van der Waals surface area contributed by atoms with Crippen LogP contribution >= 0.6 is 23.2 Å². The van der Waals surface area contributed by atoms with Crippen molar-refractivity contribution in [3.05, 3.63) is 106 Å². The van der Waals surface area contributed by atoms with Crippen molar-refractivity contribution in [2.24, 2.45) is 0 Å². The van der Waals surface area contributed by atoms with Gasteiger partial charge in [-0.05, 0) is 67.1 Å². The van der Waals surface area contributed by atoms with Gasteiger partial charge in [0.15, 0.2) is 0 Å². The average molecular weight is 521 g/mol. The molecule has 0 bridgehead atoms. The van der Waals surface area contributed by atoms with Crippen LogP contribution in [0.15, 0.2) is 85.1 Å². The third-order valence-corrected chi connectivity index (χ3v) is 8.23. The summed E-state index contributed by atoms with van der Waals surface area (Å²) in [5.41, 5.74) is 2.16. The summed E-state index contributed by atoms with van der Waals surface area (Å²) < 4.78 is 1.75. The molecule has 4 aromatic rings.